The van der Waals surface area contributed by atoms with Crippen molar-refractivity contribution in [1.82, 2.24) is 0 Å². The van der Waals surface area contributed by atoms with Gasteiger partial charge in [-0.25, -0.2) is 0 Å². The van der Waals surface area contributed by atoms with Crippen molar-refractivity contribution in [1.29, 1.82) is 0 Å². The molecule has 1 aromatic carbocycles. The predicted octanol–water partition coefficient (Wildman–Crippen LogP) is 4.07. The summed E-state index contributed by atoms with van der Waals surface area (Å²) in [7, 11) is 0. The minimum absolute atomic E-state index is 0.598. The lowest BCUT2D eigenvalue weighted by molar-refractivity contribution is 0.852. The molecule has 0 aromatic heterocycles. The molecule has 2 rings (SSSR count). The second-order valence-electron chi connectivity index (χ2n) is 4.06. The van der Waals surface area contributed by atoms with Crippen LogP contribution in [0.3, 0.4) is 0 Å². The van der Waals surface area contributed by atoms with Gasteiger partial charge in [0.1, 0.15) is 0 Å². The molecular weight excluding hydrogens is 168 g/mol. The normalized spacial score (nSPS) is 20.1. The third-order valence-electron chi connectivity index (χ3n) is 2.82. The Morgan fingerprint density at radius 3 is 2.50 bits per heavy atom. The summed E-state index contributed by atoms with van der Waals surface area (Å²) in [6, 6.07) is 10.8. The molecule has 0 fully saturated rings. The van der Waals surface area contributed by atoms with Gasteiger partial charge >= 0.3 is 0 Å². The maximum Gasteiger partial charge on any atom is 0.0123 e. The van der Waals surface area contributed by atoms with Crippen molar-refractivity contribution in [2.75, 3.05) is 0 Å². The second-order valence-corrected chi connectivity index (χ2v) is 4.06. The first-order valence-corrected chi connectivity index (χ1v) is 5.18. The van der Waals surface area contributed by atoms with E-state index in [4.69, 9.17) is 0 Å². The van der Waals surface area contributed by atoms with E-state index in [1.807, 2.05) is 0 Å². The summed E-state index contributed by atoms with van der Waals surface area (Å²) in [6.45, 7) is 4.39. The highest BCUT2D eigenvalue weighted by atomic mass is 14.2. The van der Waals surface area contributed by atoms with E-state index < -0.39 is 0 Å². The van der Waals surface area contributed by atoms with Gasteiger partial charge in [0, 0.05) is 5.92 Å². The summed E-state index contributed by atoms with van der Waals surface area (Å²) >= 11 is 0. The van der Waals surface area contributed by atoms with Gasteiger partial charge in [-0.15, -0.1) is 0 Å². The van der Waals surface area contributed by atoms with E-state index in [1.54, 1.807) is 0 Å². The van der Waals surface area contributed by atoms with E-state index >= 15 is 0 Å². The largest absolute Gasteiger partial charge is 0.0833 e. The van der Waals surface area contributed by atoms with Crippen LogP contribution < -0.4 is 0 Å². The zero-order valence-corrected chi connectivity index (χ0v) is 8.83. The van der Waals surface area contributed by atoms with Gasteiger partial charge in [0.2, 0.25) is 0 Å². The quantitative estimate of drug-likeness (QED) is 0.617. The maximum absolute atomic E-state index is 2.28. The van der Waals surface area contributed by atoms with Gasteiger partial charge in [-0.05, 0) is 31.4 Å². The number of benzene rings is 1. The van der Waals surface area contributed by atoms with E-state index in [9.17, 15) is 0 Å². The average molecular weight is 184 g/mol. The molecule has 1 atom stereocenters. The number of allylic oxidation sites excluding steroid dienone is 4. The van der Waals surface area contributed by atoms with Crippen LogP contribution >= 0.6 is 0 Å². The molecule has 0 spiro atoms. The first kappa shape index (κ1) is 9.26. The van der Waals surface area contributed by atoms with E-state index in [0.717, 1.165) is 6.42 Å². The van der Waals surface area contributed by atoms with Crippen LogP contribution in [0.5, 0.6) is 0 Å². The summed E-state index contributed by atoms with van der Waals surface area (Å²) in [5.41, 5.74) is 4.37. The van der Waals surface area contributed by atoms with Crippen LogP contribution in [0.15, 0.2) is 53.6 Å². The molecular formula is C14H16. The highest BCUT2D eigenvalue weighted by Gasteiger charge is 2.18. The Morgan fingerprint density at radius 2 is 1.86 bits per heavy atom. The molecule has 1 aliphatic rings. The van der Waals surface area contributed by atoms with Crippen LogP contribution in [0.2, 0.25) is 0 Å². The Hall–Kier alpha value is -1.30. The Balaban J connectivity index is 2.34. The monoisotopic (exact) mass is 184 g/mol. The molecule has 0 radical (unpaired) electrons. The maximum atomic E-state index is 2.28. The molecule has 0 N–H and O–H groups in total. The first-order chi connectivity index (χ1) is 6.79. The highest BCUT2D eigenvalue weighted by molar-refractivity contribution is 5.41. The fraction of sp³-hybridized carbons (Fsp3) is 0.286. The van der Waals surface area contributed by atoms with Crippen molar-refractivity contribution in [3.05, 3.63) is 59.2 Å². The lowest BCUT2D eigenvalue weighted by Crippen LogP contribution is -1.97. The molecule has 1 unspecified atom stereocenters. The minimum Gasteiger partial charge on any atom is -0.0833 e. The summed E-state index contributed by atoms with van der Waals surface area (Å²) in [4.78, 5) is 0. The van der Waals surface area contributed by atoms with Crippen LogP contribution in [0.25, 0.3) is 0 Å². The van der Waals surface area contributed by atoms with Crippen LogP contribution in [0, 0.1) is 0 Å². The molecule has 0 aliphatic heterocycles. The molecule has 72 valence electrons. The minimum atomic E-state index is 0.598. The van der Waals surface area contributed by atoms with Crippen LogP contribution in [-0.2, 0) is 0 Å². The van der Waals surface area contributed by atoms with Crippen molar-refractivity contribution >= 4 is 0 Å². The molecule has 1 aliphatic carbocycles. The lowest BCUT2D eigenvalue weighted by atomic mass is 9.91. The number of rotatable bonds is 1. The Labute approximate surface area is 86.0 Å². The molecule has 0 nitrogen and oxygen atoms in total. The van der Waals surface area contributed by atoms with Crippen molar-refractivity contribution in [2.24, 2.45) is 0 Å². The standard InChI is InChI=1S/C14H16/c1-11(2)13-9-6-10-14(13)12-7-4-3-5-8-12/h3-9,14H,10H2,1-2H3. The third kappa shape index (κ3) is 1.65. The fourth-order valence-corrected chi connectivity index (χ4v) is 2.09. The predicted molar refractivity (Wildman–Crippen MR) is 61.3 cm³/mol. The summed E-state index contributed by atoms with van der Waals surface area (Å²) in [6.07, 6.45) is 5.71. The Morgan fingerprint density at radius 1 is 1.14 bits per heavy atom. The van der Waals surface area contributed by atoms with Gasteiger partial charge in [0.25, 0.3) is 0 Å². The van der Waals surface area contributed by atoms with E-state index in [2.05, 4.69) is 56.3 Å². The van der Waals surface area contributed by atoms with Gasteiger partial charge in [0.05, 0.1) is 0 Å². The van der Waals surface area contributed by atoms with E-state index in [1.165, 1.54) is 16.7 Å². The Kier molecular flexibility index (Phi) is 2.53. The van der Waals surface area contributed by atoms with E-state index in [-0.39, 0.29) is 0 Å². The molecule has 0 heterocycles. The van der Waals surface area contributed by atoms with Gasteiger partial charge in [0.15, 0.2) is 0 Å². The smallest absolute Gasteiger partial charge is 0.0123 e. The summed E-state index contributed by atoms with van der Waals surface area (Å²) < 4.78 is 0. The van der Waals surface area contributed by atoms with Crippen LogP contribution in [0.4, 0.5) is 0 Å². The molecule has 14 heavy (non-hydrogen) atoms. The molecule has 0 saturated heterocycles. The highest BCUT2D eigenvalue weighted by Crippen LogP contribution is 2.35. The zero-order chi connectivity index (χ0) is 9.97. The molecule has 1 aromatic rings. The molecule has 0 bridgehead atoms. The van der Waals surface area contributed by atoms with Crippen molar-refractivity contribution < 1.29 is 0 Å². The SMILES string of the molecule is CC(C)=C1C=CCC1c1ccccc1. The molecule has 0 heteroatoms. The van der Waals surface area contributed by atoms with Crippen molar-refractivity contribution in [3.8, 4) is 0 Å². The summed E-state index contributed by atoms with van der Waals surface area (Å²) in [5, 5.41) is 0. The summed E-state index contributed by atoms with van der Waals surface area (Å²) in [5.74, 6) is 0.598. The zero-order valence-electron chi connectivity index (χ0n) is 8.83. The Bertz CT molecular complexity index is 364. The van der Waals surface area contributed by atoms with Gasteiger partial charge in [-0.2, -0.15) is 0 Å². The number of hydrogen-bond acceptors (Lipinski definition) is 0. The van der Waals surface area contributed by atoms with E-state index in [0.29, 0.717) is 5.92 Å². The van der Waals surface area contributed by atoms with Crippen LogP contribution in [-0.4, -0.2) is 0 Å². The van der Waals surface area contributed by atoms with Crippen molar-refractivity contribution in [2.45, 2.75) is 26.2 Å². The van der Waals surface area contributed by atoms with Gasteiger partial charge in [-0.1, -0.05) is 48.1 Å². The third-order valence-corrected chi connectivity index (χ3v) is 2.82. The number of hydrogen-bond donors (Lipinski definition) is 0. The lowest BCUT2D eigenvalue weighted by Gasteiger charge is -2.14. The fourth-order valence-electron chi connectivity index (χ4n) is 2.09. The van der Waals surface area contributed by atoms with Gasteiger partial charge in [-0.3, -0.25) is 0 Å². The first-order valence-electron chi connectivity index (χ1n) is 5.18. The van der Waals surface area contributed by atoms with Crippen molar-refractivity contribution in [3.63, 3.8) is 0 Å². The topological polar surface area (TPSA) is 0 Å². The molecule has 0 saturated carbocycles. The van der Waals surface area contributed by atoms with Gasteiger partial charge < -0.3 is 0 Å². The average Bonchev–Trinajstić information content (AvgIpc) is 2.67. The second kappa shape index (κ2) is 3.83. The van der Waals surface area contributed by atoms with Crippen LogP contribution in [0.1, 0.15) is 31.7 Å². The molecule has 0 amide bonds.